The van der Waals surface area contributed by atoms with Crippen molar-refractivity contribution in [3.8, 4) is 0 Å². The highest BCUT2D eigenvalue weighted by Gasteiger charge is 2.60. The van der Waals surface area contributed by atoms with Gasteiger partial charge < -0.3 is 74.7 Å². The predicted octanol–water partition coefficient (Wildman–Crippen LogP) is 0.194. The Bertz CT molecular complexity index is 1700. The van der Waals surface area contributed by atoms with Gasteiger partial charge in [-0.2, -0.15) is 0 Å². The molecule has 2 aromatic carbocycles. The molecule has 0 spiro atoms. The Morgan fingerprint density at radius 2 is 1.45 bits per heavy atom. The largest absolute Gasteiger partial charge is 0.445 e. The number of alkyl carbamates (subject to hydrolysis) is 2. The van der Waals surface area contributed by atoms with Crippen LogP contribution in [0.1, 0.15) is 37.3 Å². The Morgan fingerprint density at radius 3 is 2.09 bits per heavy atom. The van der Waals surface area contributed by atoms with Crippen molar-refractivity contribution in [2.24, 2.45) is 11.7 Å². The van der Waals surface area contributed by atoms with Crippen molar-refractivity contribution in [2.75, 3.05) is 13.7 Å². The molecule has 8 N–H and O–H groups in total. The highest BCUT2D eigenvalue weighted by molar-refractivity contribution is 5.71. The summed E-state index contributed by atoms with van der Waals surface area (Å²) in [4.78, 5) is 40.2. The number of nitrogens with two attached hydrogens (primary N) is 1. The van der Waals surface area contributed by atoms with Crippen molar-refractivity contribution in [1.29, 1.82) is 0 Å². The van der Waals surface area contributed by atoms with Gasteiger partial charge in [-0.1, -0.05) is 67.6 Å². The maximum Gasteiger partial charge on any atom is 0.410 e. The lowest BCUT2D eigenvalue weighted by Gasteiger charge is -2.50. The molecule has 4 heterocycles. The van der Waals surface area contributed by atoms with Crippen LogP contribution in [0.3, 0.4) is 0 Å². The van der Waals surface area contributed by atoms with E-state index in [0.717, 1.165) is 11.1 Å². The van der Waals surface area contributed by atoms with Crippen LogP contribution < -0.4 is 16.4 Å². The van der Waals surface area contributed by atoms with Crippen LogP contribution in [0.15, 0.2) is 60.7 Å². The van der Waals surface area contributed by atoms with E-state index < -0.39 is 117 Å². The zero-order valence-electron chi connectivity index (χ0n) is 32.1. The first kappa shape index (κ1) is 42.0. The maximum absolute atomic E-state index is 13.2. The number of hydrogen-bond acceptors (Lipinski definition) is 16. The third-order valence-electron chi connectivity index (χ3n) is 11.3. The lowest BCUT2D eigenvalue weighted by atomic mass is 9.85. The monoisotopic (exact) mass is 816 g/mol. The molecular formula is C39H52N4O15. The van der Waals surface area contributed by atoms with Gasteiger partial charge in [0.2, 0.25) is 0 Å². The summed E-state index contributed by atoms with van der Waals surface area (Å²) in [6, 6.07) is 14.8. The Labute approximate surface area is 334 Å². The van der Waals surface area contributed by atoms with E-state index >= 15 is 0 Å². The average molecular weight is 817 g/mol. The van der Waals surface area contributed by atoms with Gasteiger partial charge in [0.1, 0.15) is 49.8 Å². The average Bonchev–Trinajstić information content (AvgIpc) is 3.52. The van der Waals surface area contributed by atoms with E-state index in [-0.39, 0.29) is 32.0 Å². The maximum atomic E-state index is 13.2. The number of nitrogens with one attached hydrogen (secondary N) is 2. The lowest BCUT2D eigenvalue weighted by Crippen LogP contribution is -2.67. The topological polar surface area (TPSA) is 259 Å². The van der Waals surface area contributed by atoms with E-state index in [9.17, 15) is 34.8 Å². The Hall–Kier alpha value is -4.15. The van der Waals surface area contributed by atoms with Gasteiger partial charge in [-0.25, -0.2) is 14.4 Å². The molecule has 2 aromatic rings. The number of benzene rings is 2. The van der Waals surface area contributed by atoms with E-state index in [2.05, 4.69) is 10.6 Å². The normalized spacial score (nSPS) is 38.5. The van der Waals surface area contributed by atoms with Gasteiger partial charge >= 0.3 is 18.3 Å². The quantitative estimate of drug-likeness (QED) is 0.149. The molecule has 0 radical (unpaired) electrons. The fourth-order valence-corrected chi connectivity index (χ4v) is 8.19. The molecule has 7 unspecified atom stereocenters. The zero-order valence-corrected chi connectivity index (χ0v) is 32.1. The van der Waals surface area contributed by atoms with Crippen molar-refractivity contribution in [1.82, 2.24) is 15.5 Å². The number of fused-ring (bicyclic) bond motifs is 3. The number of nitrogens with zero attached hydrogens (tertiary/aromatic N) is 1. The number of hydrogen-bond donors (Lipinski definition) is 7. The zero-order chi connectivity index (χ0) is 41.1. The minimum atomic E-state index is -1.59. The van der Waals surface area contributed by atoms with Crippen LogP contribution in [0.25, 0.3) is 0 Å². The summed E-state index contributed by atoms with van der Waals surface area (Å²) in [6.07, 6.45) is -14.1. The van der Waals surface area contributed by atoms with Crippen molar-refractivity contribution >= 4 is 18.3 Å². The number of amides is 3. The molecule has 58 heavy (non-hydrogen) atoms. The number of carbonyl (C=O) groups is 3. The molecule has 0 aromatic heterocycles. The third-order valence-corrected chi connectivity index (χ3v) is 11.3. The second kappa shape index (κ2) is 18.4. The molecule has 318 valence electrons. The smallest absolute Gasteiger partial charge is 0.410 e. The Morgan fingerprint density at radius 1 is 0.810 bits per heavy atom. The first-order chi connectivity index (χ1) is 27.9. The molecule has 4 aliphatic heterocycles. The van der Waals surface area contributed by atoms with Gasteiger partial charge in [0, 0.05) is 19.0 Å². The summed E-state index contributed by atoms with van der Waals surface area (Å²) in [6.45, 7) is 1.34. The second-order valence-electron chi connectivity index (χ2n) is 15.4. The Balaban J connectivity index is 1.03. The molecule has 19 nitrogen and oxygen atoms in total. The van der Waals surface area contributed by atoms with Gasteiger partial charge in [0.05, 0.1) is 30.9 Å². The van der Waals surface area contributed by atoms with Gasteiger partial charge in [0.15, 0.2) is 25.0 Å². The molecule has 19 heteroatoms. The fraction of sp³-hybridized carbons (Fsp3) is 0.615. The standard InChI is InChI=1S/C39H52N4O15/c1-19-13-25-32(33-28(43(2)39(50)57-33)35(53-25)58-36-30(47)29(46)27(40)26(16-44)54-36)56-34(19)55-31-23(42-38(49)52-18-21-11-7-4-8-12-21)14-22(15-24(31)45)41-37(48)51-17-20-9-5-3-6-10-20/h3-12,19,22-36,44-47H,13-18,40H2,1-2H3,(H,41,48)(H,42,49)/t19-,22+,23?,24+,25-,26?,27+,28?,29-,30?,31+,32?,33?,34-,35?,36+/m0/s1. The van der Waals surface area contributed by atoms with Gasteiger partial charge in [-0.05, 0) is 30.4 Å². The molecule has 5 fully saturated rings. The van der Waals surface area contributed by atoms with Crippen molar-refractivity contribution < 1.29 is 72.7 Å². The van der Waals surface area contributed by atoms with Crippen LogP contribution >= 0.6 is 0 Å². The van der Waals surface area contributed by atoms with Gasteiger partial charge in [0.25, 0.3) is 0 Å². The first-order valence-corrected chi connectivity index (χ1v) is 19.5. The summed E-state index contributed by atoms with van der Waals surface area (Å²) in [5.41, 5.74) is 7.48. The fourth-order valence-electron chi connectivity index (χ4n) is 8.19. The molecule has 16 atom stereocenters. The van der Waals surface area contributed by atoms with E-state index in [0.29, 0.717) is 6.42 Å². The molecule has 5 aliphatic rings. The molecule has 0 bridgehead atoms. The summed E-state index contributed by atoms with van der Waals surface area (Å²) < 4.78 is 47.7. The lowest BCUT2D eigenvalue weighted by molar-refractivity contribution is -0.374. The van der Waals surface area contributed by atoms with E-state index in [1.807, 2.05) is 67.6 Å². The molecule has 7 rings (SSSR count). The number of likely N-dealkylation sites (N-methyl/N-ethyl adjacent to an activating group) is 1. The molecule has 3 amide bonds. The summed E-state index contributed by atoms with van der Waals surface area (Å²) >= 11 is 0. The minimum Gasteiger partial charge on any atom is -0.445 e. The Kier molecular flexibility index (Phi) is 13.3. The predicted molar refractivity (Wildman–Crippen MR) is 197 cm³/mol. The SMILES string of the molecule is C[C@H]1C[C@@H]2OC(O[C@H]3OC(CO)[C@@H](N)[C@H](O)C3O)C3C(OC(=O)N3C)C2O[C@@H]1O[C@@H]1C(NC(=O)OCc2ccccc2)C[C@@H](NC(=O)OCc2ccccc2)C[C@H]1O. The van der Waals surface area contributed by atoms with Gasteiger partial charge in [-0.3, -0.25) is 4.90 Å². The highest BCUT2D eigenvalue weighted by Crippen LogP contribution is 2.42. The van der Waals surface area contributed by atoms with Crippen LogP contribution in [0.2, 0.25) is 0 Å². The van der Waals surface area contributed by atoms with E-state index in [1.54, 1.807) is 0 Å². The number of aliphatic hydroxyl groups is 4. The van der Waals surface area contributed by atoms with E-state index in [1.165, 1.54) is 11.9 Å². The summed E-state index contributed by atoms with van der Waals surface area (Å²) in [5, 5.41) is 48.1. The minimum absolute atomic E-state index is 0.00476. The number of rotatable bonds is 11. The van der Waals surface area contributed by atoms with Crippen LogP contribution in [0, 0.1) is 5.92 Å². The van der Waals surface area contributed by atoms with Crippen LogP contribution in [0.4, 0.5) is 14.4 Å². The van der Waals surface area contributed by atoms with Crippen LogP contribution in [-0.2, 0) is 51.1 Å². The highest BCUT2D eigenvalue weighted by atomic mass is 16.8. The van der Waals surface area contributed by atoms with Gasteiger partial charge in [-0.15, -0.1) is 0 Å². The van der Waals surface area contributed by atoms with E-state index in [4.69, 9.17) is 43.6 Å². The van der Waals surface area contributed by atoms with Crippen molar-refractivity contribution in [3.63, 3.8) is 0 Å². The molecule has 1 aliphatic carbocycles. The number of aliphatic hydroxyl groups excluding tert-OH is 4. The molecule has 4 saturated heterocycles. The van der Waals surface area contributed by atoms with Crippen molar-refractivity contribution in [3.05, 3.63) is 71.8 Å². The molecular weight excluding hydrogens is 764 g/mol. The first-order valence-electron chi connectivity index (χ1n) is 19.5. The third kappa shape index (κ3) is 9.33. The summed E-state index contributed by atoms with van der Waals surface area (Å²) in [5.74, 6) is -0.384. The molecule has 1 saturated carbocycles. The number of ether oxygens (including phenoxy) is 8. The summed E-state index contributed by atoms with van der Waals surface area (Å²) in [7, 11) is 1.49. The van der Waals surface area contributed by atoms with Crippen molar-refractivity contribution in [2.45, 2.75) is 131 Å². The second-order valence-corrected chi connectivity index (χ2v) is 15.4. The van der Waals surface area contributed by atoms with Crippen LogP contribution in [-0.4, -0.2) is 149 Å². The van der Waals surface area contributed by atoms with Crippen LogP contribution in [0.5, 0.6) is 0 Å². The number of carbonyl (C=O) groups excluding carboxylic acids is 3.